The van der Waals surface area contributed by atoms with E-state index in [2.05, 4.69) is 28.2 Å². The van der Waals surface area contributed by atoms with Gasteiger partial charge in [0, 0.05) is 17.0 Å². The summed E-state index contributed by atoms with van der Waals surface area (Å²) in [6, 6.07) is 9.78. The van der Waals surface area contributed by atoms with E-state index in [9.17, 15) is 10.1 Å². The molecule has 0 aliphatic heterocycles. The lowest BCUT2D eigenvalue weighted by atomic mass is 9.97. The zero-order chi connectivity index (χ0) is 23.2. The molecule has 0 atom stereocenters. The highest BCUT2D eigenvalue weighted by molar-refractivity contribution is 7.99. The third-order valence-corrected chi connectivity index (χ3v) is 8.02. The normalized spacial score (nSPS) is 13.5. The molecule has 2 heterocycles. The third-order valence-electron chi connectivity index (χ3n) is 5.51. The fourth-order valence-corrected chi connectivity index (χ4v) is 6.17. The first-order valence-corrected chi connectivity index (χ1v) is 13.1. The van der Waals surface area contributed by atoms with Crippen molar-refractivity contribution in [2.24, 2.45) is 0 Å². The van der Waals surface area contributed by atoms with Crippen LogP contribution in [-0.2, 0) is 24.2 Å². The van der Waals surface area contributed by atoms with Crippen molar-refractivity contribution in [2.45, 2.75) is 50.2 Å². The molecular weight excluding hydrogens is 474 g/mol. The Morgan fingerprint density at radius 3 is 2.82 bits per heavy atom. The van der Waals surface area contributed by atoms with Gasteiger partial charge in [-0.2, -0.15) is 5.26 Å². The van der Waals surface area contributed by atoms with Gasteiger partial charge in [0.1, 0.15) is 11.1 Å². The summed E-state index contributed by atoms with van der Waals surface area (Å²) in [7, 11) is 0. The molecule has 0 bridgehead atoms. The fraction of sp³-hybridized carbons (Fsp3) is 0.333. The quantitative estimate of drug-likeness (QED) is 0.314. The minimum atomic E-state index is -0.168. The molecule has 1 aliphatic carbocycles. The van der Waals surface area contributed by atoms with Gasteiger partial charge in [0.25, 0.3) is 0 Å². The van der Waals surface area contributed by atoms with Gasteiger partial charge in [-0.3, -0.25) is 9.36 Å². The first-order chi connectivity index (χ1) is 16.1. The molecule has 6 nitrogen and oxygen atoms in total. The lowest BCUT2D eigenvalue weighted by Gasteiger charge is -2.09. The first-order valence-electron chi connectivity index (χ1n) is 10.9. The molecule has 0 radical (unpaired) electrons. The zero-order valence-corrected chi connectivity index (χ0v) is 20.5. The number of thioether (sulfide) groups is 1. The second kappa shape index (κ2) is 11.0. The zero-order valence-electron chi connectivity index (χ0n) is 18.1. The van der Waals surface area contributed by atoms with E-state index in [4.69, 9.17) is 11.6 Å². The van der Waals surface area contributed by atoms with Crippen molar-refractivity contribution < 1.29 is 4.79 Å². The van der Waals surface area contributed by atoms with E-state index in [1.54, 1.807) is 23.5 Å². The highest BCUT2D eigenvalue weighted by atomic mass is 35.5. The molecule has 0 saturated heterocycles. The number of hydrogen-bond acceptors (Lipinski definition) is 6. The number of fused-ring (bicyclic) bond motifs is 1. The predicted octanol–water partition coefficient (Wildman–Crippen LogP) is 6.11. The Labute approximate surface area is 206 Å². The van der Waals surface area contributed by atoms with Gasteiger partial charge in [-0.15, -0.1) is 28.1 Å². The van der Waals surface area contributed by atoms with E-state index in [0.717, 1.165) is 36.8 Å². The van der Waals surface area contributed by atoms with Gasteiger partial charge in [-0.05, 0) is 43.4 Å². The van der Waals surface area contributed by atoms with Crippen LogP contribution in [0, 0.1) is 11.3 Å². The van der Waals surface area contributed by atoms with E-state index >= 15 is 0 Å². The number of thiophene rings is 1. The van der Waals surface area contributed by atoms with Crippen LogP contribution in [0.1, 0.15) is 41.7 Å². The van der Waals surface area contributed by atoms with Crippen LogP contribution in [0.4, 0.5) is 5.00 Å². The van der Waals surface area contributed by atoms with Crippen LogP contribution in [0.2, 0.25) is 5.02 Å². The standard InChI is InChI=1S/C24H24ClN5OS2/c1-2-13-30-22(17-10-7-8-11-19(17)25)28-29-24(30)32-15-21(31)27-23-18(14-26)16-9-5-3-4-6-12-20(16)33-23/h2,7-8,10-11H,1,3-6,9,12-13,15H2,(H,27,31). The van der Waals surface area contributed by atoms with Crippen LogP contribution in [0.3, 0.4) is 0 Å². The third kappa shape index (κ3) is 5.32. The number of aryl methyl sites for hydroxylation is 1. The molecule has 0 unspecified atom stereocenters. The first kappa shape index (κ1) is 23.6. The minimum Gasteiger partial charge on any atom is -0.316 e. The Morgan fingerprint density at radius 2 is 2.06 bits per heavy atom. The lowest BCUT2D eigenvalue weighted by Crippen LogP contribution is -2.14. The molecule has 0 spiro atoms. The van der Waals surface area contributed by atoms with Gasteiger partial charge < -0.3 is 5.32 Å². The smallest absolute Gasteiger partial charge is 0.235 e. The number of carbonyl (C=O) groups excluding carboxylic acids is 1. The van der Waals surface area contributed by atoms with Crippen molar-refractivity contribution in [1.82, 2.24) is 14.8 Å². The van der Waals surface area contributed by atoms with Gasteiger partial charge in [0.05, 0.1) is 16.3 Å². The second-order valence-corrected chi connectivity index (χ2v) is 10.2. The Morgan fingerprint density at radius 1 is 1.27 bits per heavy atom. The molecule has 2 aromatic heterocycles. The number of aromatic nitrogens is 3. The lowest BCUT2D eigenvalue weighted by molar-refractivity contribution is -0.113. The molecule has 33 heavy (non-hydrogen) atoms. The van der Waals surface area contributed by atoms with Crippen molar-refractivity contribution in [1.29, 1.82) is 5.26 Å². The van der Waals surface area contributed by atoms with Gasteiger partial charge in [-0.25, -0.2) is 0 Å². The summed E-state index contributed by atoms with van der Waals surface area (Å²) in [5.74, 6) is 0.622. The van der Waals surface area contributed by atoms with Gasteiger partial charge in [0.2, 0.25) is 5.91 Å². The van der Waals surface area contributed by atoms with Crippen molar-refractivity contribution in [3.63, 3.8) is 0 Å². The van der Waals surface area contributed by atoms with E-state index in [-0.39, 0.29) is 11.7 Å². The number of hydrogen-bond donors (Lipinski definition) is 1. The van der Waals surface area contributed by atoms with Gasteiger partial charge in [0.15, 0.2) is 11.0 Å². The largest absolute Gasteiger partial charge is 0.316 e. The Hall–Kier alpha value is -2.60. The number of anilines is 1. The predicted molar refractivity (Wildman–Crippen MR) is 135 cm³/mol. The van der Waals surface area contributed by atoms with E-state index < -0.39 is 0 Å². The minimum absolute atomic E-state index is 0.158. The monoisotopic (exact) mass is 497 g/mol. The summed E-state index contributed by atoms with van der Waals surface area (Å²) in [5, 5.41) is 23.1. The van der Waals surface area contributed by atoms with Crippen LogP contribution in [0.15, 0.2) is 42.1 Å². The summed E-state index contributed by atoms with van der Waals surface area (Å²) in [5.41, 5.74) is 2.53. The Bertz CT molecular complexity index is 1210. The average Bonchev–Trinajstić information content (AvgIpc) is 3.33. The average molecular weight is 498 g/mol. The molecule has 9 heteroatoms. The number of nitriles is 1. The van der Waals surface area contributed by atoms with E-state index in [1.165, 1.54) is 29.5 Å². The number of amides is 1. The van der Waals surface area contributed by atoms with E-state index in [1.807, 2.05) is 22.8 Å². The van der Waals surface area contributed by atoms with Crippen molar-refractivity contribution in [2.75, 3.05) is 11.1 Å². The number of rotatable bonds is 7. The van der Waals surface area contributed by atoms with Crippen molar-refractivity contribution in [3.8, 4) is 17.5 Å². The molecule has 1 aromatic carbocycles. The van der Waals surface area contributed by atoms with Crippen LogP contribution in [0.25, 0.3) is 11.4 Å². The number of halogens is 1. The van der Waals surface area contributed by atoms with Crippen LogP contribution >= 0.6 is 34.7 Å². The maximum Gasteiger partial charge on any atom is 0.235 e. The molecule has 0 saturated carbocycles. The molecule has 1 N–H and O–H groups in total. The fourth-order valence-electron chi connectivity index (χ4n) is 3.95. The van der Waals surface area contributed by atoms with Gasteiger partial charge >= 0.3 is 0 Å². The number of nitrogens with zero attached hydrogens (tertiary/aromatic N) is 4. The van der Waals surface area contributed by atoms with Crippen LogP contribution < -0.4 is 5.32 Å². The maximum absolute atomic E-state index is 12.8. The summed E-state index contributed by atoms with van der Waals surface area (Å²) >= 11 is 9.19. The molecule has 1 amide bonds. The Balaban J connectivity index is 1.49. The number of carbonyl (C=O) groups is 1. The summed E-state index contributed by atoms with van der Waals surface area (Å²) in [6.07, 6.45) is 8.29. The number of allylic oxidation sites excluding steroid dienone is 1. The van der Waals surface area contributed by atoms with E-state index in [0.29, 0.717) is 33.1 Å². The summed E-state index contributed by atoms with van der Waals surface area (Å²) in [6.45, 7) is 4.32. The topological polar surface area (TPSA) is 83.6 Å². The molecule has 3 aromatic rings. The van der Waals surface area contributed by atoms with Gasteiger partial charge in [-0.1, -0.05) is 54.4 Å². The maximum atomic E-state index is 12.8. The Kier molecular flexibility index (Phi) is 7.86. The summed E-state index contributed by atoms with van der Waals surface area (Å²) in [4.78, 5) is 14.0. The van der Waals surface area contributed by atoms with Crippen LogP contribution in [0.5, 0.6) is 0 Å². The van der Waals surface area contributed by atoms with Crippen molar-refractivity contribution in [3.05, 3.63) is 57.9 Å². The van der Waals surface area contributed by atoms with Crippen molar-refractivity contribution >= 4 is 45.6 Å². The molecule has 0 fully saturated rings. The highest BCUT2D eigenvalue weighted by Crippen LogP contribution is 2.37. The second-order valence-electron chi connectivity index (χ2n) is 7.76. The SMILES string of the molecule is C=CCn1c(SCC(=O)Nc2sc3c(c2C#N)CCCCCC3)nnc1-c1ccccc1Cl. The molecule has 170 valence electrons. The molecular formula is C24H24ClN5OS2. The van der Waals surface area contributed by atoms with Crippen LogP contribution in [-0.4, -0.2) is 26.4 Å². The number of nitrogens with one attached hydrogen (secondary N) is 1. The molecule has 1 aliphatic rings. The highest BCUT2D eigenvalue weighted by Gasteiger charge is 2.21. The summed E-state index contributed by atoms with van der Waals surface area (Å²) < 4.78 is 1.89. The number of benzene rings is 1. The molecule has 4 rings (SSSR count).